The molecule has 0 aromatic heterocycles. The highest BCUT2D eigenvalue weighted by atomic mass is 32.1. The van der Waals surface area contributed by atoms with Crippen LogP contribution in [0.2, 0.25) is 0 Å². The van der Waals surface area contributed by atoms with Gasteiger partial charge in [0.05, 0.1) is 11.4 Å². The summed E-state index contributed by atoms with van der Waals surface area (Å²) in [6.07, 6.45) is -0.612. The van der Waals surface area contributed by atoms with Crippen LogP contribution in [0.5, 0.6) is 5.75 Å². The smallest absolute Gasteiger partial charge is 0.356 e. The number of phenols is 1. The highest BCUT2D eigenvalue weighted by Crippen LogP contribution is 2.44. The molecule has 0 amide bonds. The van der Waals surface area contributed by atoms with Crippen LogP contribution in [0, 0.1) is 5.82 Å². The van der Waals surface area contributed by atoms with Gasteiger partial charge in [-0.1, -0.05) is 54.6 Å². The fraction of sp³-hybridized carbons (Fsp3) is 0.167. The monoisotopic (exact) mass is 579 g/mol. The summed E-state index contributed by atoms with van der Waals surface area (Å²) in [6.45, 7) is 0. The lowest BCUT2D eigenvalue weighted by Gasteiger charge is -2.27. The van der Waals surface area contributed by atoms with E-state index in [4.69, 9.17) is 17.0 Å². The molecule has 40 heavy (non-hydrogen) atoms. The Hall–Kier alpha value is -3.59. The molecule has 5 rings (SSSR count). The standard InChI is InChI=1S/C30H27FNO6PS/c31-22-11-6-20(7-12-22)26(33)16-17-28-29(32(30(40)38-28)23-4-2-1-3-5-23)25-15-10-21(18-27(25)34)19-8-13-24(14-9-19)39(35,36)37/h1-15,18,26,28-29,33-34H,16-17H2,(H2,35,36,37)/t26-,28+,29+/m0/s1. The number of thiocarbonyl (C=S) groups is 1. The van der Waals surface area contributed by atoms with Crippen LogP contribution in [-0.4, -0.2) is 31.3 Å². The minimum absolute atomic E-state index is 0.000112. The number of rotatable bonds is 8. The summed E-state index contributed by atoms with van der Waals surface area (Å²) in [4.78, 5) is 20.6. The van der Waals surface area contributed by atoms with Gasteiger partial charge >= 0.3 is 7.60 Å². The van der Waals surface area contributed by atoms with Gasteiger partial charge in [0, 0.05) is 11.3 Å². The number of para-hydroxylation sites is 1. The van der Waals surface area contributed by atoms with E-state index in [1.165, 1.54) is 24.3 Å². The number of phenolic OH excluding ortho intramolecular Hbond substituents is 1. The third-order valence-corrected chi connectivity index (χ3v) is 8.24. The lowest BCUT2D eigenvalue weighted by atomic mass is 9.92. The molecule has 206 valence electrons. The molecule has 1 heterocycles. The van der Waals surface area contributed by atoms with Crippen molar-refractivity contribution < 1.29 is 33.7 Å². The van der Waals surface area contributed by atoms with Gasteiger partial charge in [0.15, 0.2) is 0 Å². The maximum atomic E-state index is 13.3. The van der Waals surface area contributed by atoms with Crippen LogP contribution < -0.4 is 10.2 Å². The van der Waals surface area contributed by atoms with Gasteiger partial charge in [-0.2, -0.15) is 0 Å². The number of hydrogen-bond acceptors (Lipinski definition) is 5. The van der Waals surface area contributed by atoms with Gasteiger partial charge in [-0.05, 0) is 84.2 Å². The van der Waals surface area contributed by atoms with Crippen LogP contribution in [0.15, 0.2) is 97.1 Å². The maximum Gasteiger partial charge on any atom is 0.356 e. The van der Waals surface area contributed by atoms with Crippen molar-refractivity contribution in [2.75, 3.05) is 4.90 Å². The normalized spacial score (nSPS) is 18.0. The van der Waals surface area contributed by atoms with Crippen LogP contribution in [0.1, 0.15) is 36.1 Å². The Labute approximate surface area is 236 Å². The van der Waals surface area contributed by atoms with Gasteiger partial charge in [-0.3, -0.25) is 9.46 Å². The number of aliphatic hydroxyl groups is 1. The Morgan fingerprint density at radius 1 is 0.925 bits per heavy atom. The second-order valence-corrected chi connectivity index (χ2v) is 11.5. The molecule has 0 unspecified atom stereocenters. The summed E-state index contributed by atoms with van der Waals surface area (Å²) in [7, 11) is -4.36. The zero-order chi connectivity index (χ0) is 28.4. The Morgan fingerprint density at radius 3 is 2.20 bits per heavy atom. The molecule has 4 aromatic carbocycles. The number of ether oxygens (including phenoxy) is 1. The number of benzene rings is 4. The van der Waals surface area contributed by atoms with Crippen molar-refractivity contribution in [1.29, 1.82) is 0 Å². The van der Waals surface area contributed by atoms with E-state index in [2.05, 4.69) is 0 Å². The van der Waals surface area contributed by atoms with Gasteiger partial charge in [-0.25, -0.2) is 4.39 Å². The molecule has 10 heteroatoms. The molecule has 0 bridgehead atoms. The molecule has 1 fully saturated rings. The van der Waals surface area contributed by atoms with Gasteiger partial charge in [-0.15, -0.1) is 0 Å². The van der Waals surface area contributed by atoms with Gasteiger partial charge in [0.1, 0.15) is 23.7 Å². The van der Waals surface area contributed by atoms with E-state index in [1.807, 2.05) is 41.3 Å². The SMILES string of the molecule is O=P(O)(O)c1ccc(-c2ccc([C@@H]3[C@@H](CC[C@H](O)c4ccc(F)cc4)OC(=S)N3c3ccccc3)c(O)c2)cc1. The van der Waals surface area contributed by atoms with Gasteiger partial charge in [0.2, 0.25) is 0 Å². The number of nitrogens with zero attached hydrogens (tertiary/aromatic N) is 1. The van der Waals surface area contributed by atoms with Crippen LogP contribution in [0.25, 0.3) is 11.1 Å². The summed E-state index contributed by atoms with van der Waals surface area (Å²) in [5.74, 6) is -0.379. The summed E-state index contributed by atoms with van der Waals surface area (Å²) < 4.78 is 31.0. The Bertz CT molecular complexity index is 1550. The molecule has 0 aliphatic carbocycles. The highest BCUT2D eigenvalue weighted by Gasteiger charge is 2.42. The highest BCUT2D eigenvalue weighted by molar-refractivity contribution is 7.80. The third-order valence-electron chi connectivity index (χ3n) is 6.98. The first kappa shape index (κ1) is 28.0. The summed E-state index contributed by atoms with van der Waals surface area (Å²) in [5, 5.41) is 22.1. The van der Waals surface area contributed by atoms with Crippen LogP contribution >= 0.6 is 19.8 Å². The zero-order valence-electron chi connectivity index (χ0n) is 21.2. The number of anilines is 1. The van der Waals surface area contributed by atoms with Crippen molar-refractivity contribution in [3.8, 4) is 16.9 Å². The predicted molar refractivity (Wildman–Crippen MR) is 155 cm³/mol. The number of aliphatic hydroxyl groups excluding tert-OH is 1. The van der Waals surface area contributed by atoms with E-state index < -0.39 is 25.8 Å². The van der Waals surface area contributed by atoms with Crippen LogP contribution in [0.4, 0.5) is 10.1 Å². The number of halogens is 1. The molecule has 3 atom stereocenters. The summed E-state index contributed by atoms with van der Waals surface area (Å²) in [5.41, 5.74) is 3.29. The largest absolute Gasteiger partial charge is 0.508 e. The zero-order valence-corrected chi connectivity index (χ0v) is 22.9. The first-order valence-corrected chi connectivity index (χ1v) is 14.6. The number of hydrogen-bond donors (Lipinski definition) is 4. The van der Waals surface area contributed by atoms with Crippen molar-refractivity contribution in [3.63, 3.8) is 0 Å². The summed E-state index contributed by atoms with van der Waals surface area (Å²) in [6, 6.07) is 25.7. The molecule has 4 N–H and O–H groups in total. The van der Waals surface area contributed by atoms with E-state index >= 15 is 0 Å². The van der Waals surface area contributed by atoms with Crippen molar-refractivity contribution in [1.82, 2.24) is 0 Å². The lowest BCUT2D eigenvalue weighted by Crippen LogP contribution is -2.29. The fourth-order valence-electron chi connectivity index (χ4n) is 4.94. The topological polar surface area (TPSA) is 110 Å². The minimum Gasteiger partial charge on any atom is -0.508 e. The number of aromatic hydroxyl groups is 1. The first-order chi connectivity index (χ1) is 19.1. The molecule has 7 nitrogen and oxygen atoms in total. The van der Waals surface area contributed by atoms with E-state index in [-0.39, 0.29) is 22.0 Å². The molecule has 1 saturated heterocycles. The second kappa shape index (κ2) is 11.5. The third kappa shape index (κ3) is 5.94. The van der Waals surface area contributed by atoms with Gasteiger partial charge in [0.25, 0.3) is 5.17 Å². The lowest BCUT2D eigenvalue weighted by molar-refractivity contribution is 0.126. The molecule has 1 aliphatic rings. The van der Waals surface area contributed by atoms with Crippen LogP contribution in [0.3, 0.4) is 0 Å². The average molecular weight is 580 g/mol. The molecule has 4 aromatic rings. The van der Waals surface area contributed by atoms with E-state index in [1.54, 1.807) is 36.4 Å². The fourth-order valence-corrected chi connectivity index (χ4v) is 5.82. The Balaban J connectivity index is 1.45. The average Bonchev–Trinajstić information content (AvgIpc) is 3.27. The van der Waals surface area contributed by atoms with Gasteiger partial charge < -0.3 is 24.7 Å². The minimum atomic E-state index is -4.36. The molecular formula is C30H27FNO6PS. The Morgan fingerprint density at radius 2 is 1.57 bits per heavy atom. The molecule has 1 aliphatic heterocycles. The molecule has 0 radical (unpaired) electrons. The van der Waals surface area contributed by atoms with Crippen molar-refractivity contribution >= 4 is 36.0 Å². The van der Waals surface area contributed by atoms with Crippen molar-refractivity contribution in [2.24, 2.45) is 0 Å². The first-order valence-electron chi connectivity index (χ1n) is 12.6. The molecule has 0 saturated carbocycles. The summed E-state index contributed by atoms with van der Waals surface area (Å²) >= 11 is 5.61. The quantitative estimate of drug-likeness (QED) is 0.154. The van der Waals surface area contributed by atoms with Crippen molar-refractivity contribution in [3.05, 3.63) is 114 Å². The Kier molecular flexibility index (Phi) is 8.03. The molecular weight excluding hydrogens is 552 g/mol. The second-order valence-electron chi connectivity index (χ2n) is 9.58. The van der Waals surface area contributed by atoms with E-state index in [0.29, 0.717) is 35.1 Å². The molecule has 0 spiro atoms. The van der Waals surface area contributed by atoms with Crippen LogP contribution in [-0.2, 0) is 9.30 Å². The van der Waals surface area contributed by atoms with Crippen molar-refractivity contribution in [2.45, 2.75) is 31.1 Å². The van der Waals surface area contributed by atoms with E-state index in [9.17, 15) is 29.0 Å². The van der Waals surface area contributed by atoms with E-state index in [0.717, 1.165) is 5.69 Å². The predicted octanol–water partition coefficient (Wildman–Crippen LogP) is 5.75. The maximum absolute atomic E-state index is 13.3.